The Morgan fingerprint density at radius 3 is 2.80 bits per heavy atom. The Kier molecular flexibility index (Phi) is 4.09. The van der Waals surface area contributed by atoms with E-state index in [4.69, 9.17) is 0 Å². The van der Waals surface area contributed by atoms with Crippen LogP contribution in [0.1, 0.15) is 15.9 Å². The average molecular weight is 336 g/mol. The number of hydrogen-bond donors (Lipinski definition) is 1. The Morgan fingerprint density at radius 2 is 2.15 bits per heavy atom. The highest BCUT2D eigenvalue weighted by Crippen LogP contribution is 2.25. The summed E-state index contributed by atoms with van der Waals surface area (Å²) in [5.41, 5.74) is 1.15. The van der Waals surface area contributed by atoms with E-state index in [1.165, 1.54) is 18.3 Å². The van der Waals surface area contributed by atoms with Gasteiger partial charge >= 0.3 is 0 Å². The summed E-state index contributed by atoms with van der Waals surface area (Å²) in [6.07, 6.45) is 2.99. The lowest BCUT2D eigenvalue weighted by atomic mass is 10.1. The number of amides is 1. The molecule has 2 rings (SSSR count). The number of aromatic nitrogens is 1. The first-order valence-electron chi connectivity index (χ1n) is 5.65. The normalized spacial score (nSPS) is 10.1. The smallest absolute Gasteiger partial charge is 0.274 e. The van der Waals surface area contributed by atoms with Crippen molar-refractivity contribution >= 4 is 33.2 Å². The van der Waals surface area contributed by atoms with E-state index in [0.717, 1.165) is 0 Å². The summed E-state index contributed by atoms with van der Waals surface area (Å²) in [7, 11) is 0. The molecule has 0 saturated heterocycles. The Hall–Kier alpha value is -2.28. The second-order valence-corrected chi connectivity index (χ2v) is 4.97. The van der Waals surface area contributed by atoms with Crippen molar-refractivity contribution in [3.8, 4) is 0 Å². The van der Waals surface area contributed by atoms with E-state index in [1.54, 1.807) is 25.3 Å². The number of rotatable bonds is 3. The third-order valence-electron chi connectivity index (χ3n) is 2.72. The molecule has 20 heavy (non-hydrogen) atoms. The zero-order chi connectivity index (χ0) is 14.7. The highest BCUT2D eigenvalue weighted by Gasteiger charge is 2.15. The van der Waals surface area contributed by atoms with Gasteiger partial charge in [-0.1, -0.05) is 6.07 Å². The van der Waals surface area contributed by atoms with Crippen molar-refractivity contribution in [2.24, 2.45) is 0 Å². The number of halogens is 1. The van der Waals surface area contributed by atoms with E-state index in [9.17, 15) is 14.9 Å². The second kappa shape index (κ2) is 5.79. The third kappa shape index (κ3) is 3.00. The molecular weight excluding hydrogens is 326 g/mol. The summed E-state index contributed by atoms with van der Waals surface area (Å²) in [6.45, 7) is 1.59. The first-order chi connectivity index (χ1) is 9.49. The second-order valence-electron chi connectivity index (χ2n) is 4.05. The van der Waals surface area contributed by atoms with Crippen LogP contribution in [0.4, 0.5) is 11.4 Å². The molecule has 7 heteroatoms. The zero-order valence-corrected chi connectivity index (χ0v) is 12.0. The van der Waals surface area contributed by atoms with Gasteiger partial charge in [0.25, 0.3) is 11.6 Å². The number of hydrogen-bond acceptors (Lipinski definition) is 4. The Bertz CT molecular complexity index is 688. The minimum Gasteiger partial charge on any atom is -0.321 e. The van der Waals surface area contributed by atoms with Crippen LogP contribution in [0.3, 0.4) is 0 Å². The first kappa shape index (κ1) is 14.1. The van der Waals surface area contributed by atoms with Gasteiger partial charge in [0, 0.05) is 22.9 Å². The monoisotopic (exact) mass is 335 g/mol. The number of nitrogens with zero attached hydrogens (tertiary/aromatic N) is 2. The molecule has 1 amide bonds. The molecule has 1 N–H and O–H groups in total. The number of pyridine rings is 1. The van der Waals surface area contributed by atoms with E-state index in [1.807, 2.05) is 0 Å². The average Bonchev–Trinajstić information content (AvgIpc) is 2.40. The van der Waals surface area contributed by atoms with E-state index < -0.39 is 4.92 Å². The molecule has 0 aliphatic carbocycles. The molecule has 0 unspecified atom stereocenters. The molecule has 0 saturated carbocycles. The van der Waals surface area contributed by atoms with Gasteiger partial charge in [0.1, 0.15) is 0 Å². The summed E-state index contributed by atoms with van der Waals surface area (Å²) in [5, 5.41) is 13.5. The molecule has 0 atom stereocenters. The van der Waals surface area contributed by atoms with Gasteiger partial charge in [-0.3, -0.25) is 19.9 Å². The van der Waals surface area contributed by atoms with Crippen LogP contribution in [0.5, 0.6) is 0 Å². The van der Waals surface area contributed by atoms with Crippen molar-refractivity contribution in [1.82, 2.24) is 4.98 Å². The summed E-state index contributed by atoms with van der Waals surface area (Å²) in [4.78, 5) is 26.3. The molecule has 2 aromatic rings. The molecule has 0 radical (unpaired) electrons. The molecule has 1 heterocycles. The van der Waals surface area contributed by atoms with E-state index >= 15 is 0 Å². The van der Waals surface area contributed by atoms with E-state index in [0.29, 0.717) is 21.3 Å². The van der Waals surface area contributed by atoms with Crippen molar-refractivity contribution in [1.29, 1.82) is 0 Å². The molecular formula is C13H10BrN3O3. The lowest BCUT2D eigenvalue weighted by molar-refractivity contribution is -0.385. The predicted molar refractivity (Wildman–Crippen MR) is 77.7 cm³/mol. The lowest BCUT2D eigenvalue weighted by Gasteiger charge is -2.08. The van der Waals surface area contributed by atoms with Crippen LogP contribution >= 0.6 is 15.9 Å². The van der Waals surface area contributed by atoms with Gasteiger partial charge < -0.3 is 5.32 Å². The molecule has 1 aromatic carbocycles. The van der Waals surface area contributed by atoms with Crippen LogP contribution in [-0.4, -0.2) is 15.8 Å². The van der Waals surface area contributed by atoms with Crippen molar-refractivity contribution in [3.05, 3.63) is 62.4 Å². The Labute approximate surface area is 123 Å². The van der Waals surface area contributed by atoms with Crippen molar-refractivity contribution in [3.63, 3.8) is 0 Å². The maximum Gasteiger partial charge on any atom is 0.274 e. The fourth-order valence-electron chi connectivity index (χ4n) is 1.69. The quantitative estimate of drug-likeness (QED) is 0.688. The number of nitro groups is 1. The minimum absolute atomic E-state index is 0.0323. The number of anilines is 1. The van der Waals surface area contributed by atoms with Crippen LogP contribution in [0.2, 0.25) is 0 Å². The third-order valence-corrected chi connectivity index (χ3v) is 3.15. The maximum absolute atomic E-state index is 12.1. The molecule has 0 spiro atoms. The number of carbonyl (C=O) groups excluding carboxylic acids is 1. The molecule has 0 fully saturated rings. The summed E-state index contributed by atoms with van der Waals surface area (Å²) in [5.74, 6) is -0.373. The van der Waals surface area contributed by atoms with Crippen molar-refractivity contribution in [2.75, 3.05) is 5.32 Å². The Morgan fingerprint density at radius 1 is 1.40 bits per heavy atom. The van der Waals surface area contributed by atoms with Gasteiger partial charge in [-0.25, -0.2) is 0 Å². The fourth-order valence-corrected chi connectivity index (χ4v) is 2.05. The summed E-state index contributed by atoms with van der Waals surface area (Å²) < 4.78 is 0.681. The van der Waals surface area contributed by atoms with Crippen LogP contribution in [-0.2, 0) is 0 Å². The molecule has 6 nitrogen and oxygen atoms in total. The number of nitrogens with one attached hydrogen (secondary N) is 1. The van der Waals surface area contributed by atoms with E-state index in [2.05, 4.69) is 26.2 Å². The van der Waals surface area contributed by atoms with Gasteiger partial charge in [0.15, 0.2) is 0 Å². The number of nitro benzene ring substituents is 1. The first-order valence-corrected chi connectivity index (χ1v) is 6.44. The highest BCUT2D eigenvalue weighted by atomic mass is 79.9. The zero-order valence-electron chi connectivity index (χ0n) is 10.5. The van der Waals surface area contributed by atoms with Crippen LogP contribution < -0.4 is 5.32 Å². The van der Waals surface area contributed by atoms with Crippen LogP contribution in [0.15, 0.2) is 41.1 Å². The van der Waals surface area contributed by atoms with Gasteiger partial charge in [0.2, 0.25) is 0 Å². The highest BCUT2D eigenvalue weighted by molar-refractivity contribution is 9.10. The van der Waals surface area contributed by atoms with E-state index in [-0.39, 0.29) is 11.6 Å². The summed E-state index contributed by atoms with van der Waals surface area (Å²) >= 11 is 3.23. The van der Waals surface area contributed by atoms with Gasteiger partial charge in [-0.15, -0.1) is 0 Å². The fraction of sp³-hybridized carbons (Fsp3) is 0.0769. The standard InChI is InChI=1S/C13H10BrN3O3/c1-8-11(3-2-4-12(8)17(19)20)16-13(18)9-5-10(14)7-15-6-9/h2-7H,1H3,(H,16,18). The van der Waals surface area contributed by atoms with Crippen molar-refractivity contribution < 1.29 is 9.72 Å². The number of benzene rings is 1. The molecule has 1 aromatic heterocycles. The minimum atomic E-state index is -0.481. The topological polar surface area (TPSA) is 85.1 Å². The predicted octanol–water partition coefficient (Wildman–Crippen LogP) is 3.31. The lowest BCUT2D eigenvalue weighted by Crippen LogP contribution is -2.13. The van der Waals surface area contributed by atoms with Crippen LogP contribution in [0, 0.1) is 17.0 Å². The van der Waals surface area contributed by atoms with Gasteiger partial charge in [-0.05, 0) is 35.0 Å². The number of carbonyl (C=O) groups is 1. The Balaban J connectivity index is 2.29. The summed E-state index contributed by atoms with van der Waals surface area (Å²) in [6, 6.07) is 6.16. The van der Waals surface area contributed by atoms with Crippen LogP contribution in [0.25, 0.3) is 0 Å². The largest absolute Gasteiger partial charge is 0.321 e. The maximum atomic E-state index is 12.1. The van der Waals surface area contributed by atoms with Gasteiger partial charge in [-0.2, -0.15) is 0 Å². The SMILES string of the molecule is Cc1c(NC(=O)c2cncc(Br)c2)cccc1[N+](=O)[O-]. The van der Waals surface area contributed by atoms with Gasteiger partial charge in [0.05, 0.1) is 21.7 Å². The molecule has 0 aliphatic rings. The molecule has 0 bridgehead atoms. The molecule has 0 aliphatic heterocycles. The van der Waals surface area contributed by atoms with Crippen molar-refractivity contribution in [2.45, 2.75) is 6.92 Å². The molecule has 102 valence electrons.